The smallest absolute Gasteiger partial charge is 0.289 e. The molecular weight excluding hydrogens is 488 g/mol. The summed E-state index contributed by atoms with van der Waals surface area (Å²) in [6.45, 7) is 1.20. The molecule has 4 aromatic rings. The molecule has 0 fully saturated rings. The number of anilines is 2. The summed E-state index contributed by atoms with van der Waals surface area (Å²) in [5.41, 5.74) is 1.14. The first kappa shape index (κ1) is 19.4. The monoisotopic (exact) mass is 505 g/mol. The van der Waals surface area contributed by atoms with E-state index in [1.165, 1.54) is 6.07 Å². The van der Waals surface area contributed by atoms with Gasteiger partial charge in [-0.05, 0) is 53.3 Å². The number of nitrogens with zero attached hydrogens (tertiary/aromatic N) is 3. The highest BCUT2D eigenvalue weighted by atomic mass is 127. The van der Waals surface area contributed by atoms with Crippen LogP contribution < -0.4 is 10.6 Å². The molecule has 29 heavy (non-hydrogen) atoms. The van der Waals surface area contributed by atoms with Gasteiger partial charge in [0, 0.05) is 41.4 Å². The number of rotatable bonds is 7. The number of fused-ring (bicyclic) bond motifs is 1. The molecule has 4 rings (SSSR count). The third-order valence-electron chi connectivity index (χ3n) is 4.32. The Labute approximate surface area is 179 Å². The second-order valence-corrected chi connectivity index (χ2v) is 7.58. The first-order valence-corrected chi connectivity index (χ1v) is 10.0. The van der Waals surface area contributed by atoms with Crippen LogP contribution in [0.4, 0.5) is 15.8 Å². The summed E-state index contributed by atoms with van der Waals surface area (Å²) in [5.74, 6) is -0.698. The number of halogens is 2. The van der Waals surface area contributed by atoms with Gasteiger partial charge in [0.15, 0.2) is 0 Å². The lowest BCUT2D eigenvalue weighted by atomic mass is 10.2. The molecule has 3 aromatic heterocycles. The average molecular weight is 505 g/mol. The predicted octanol–water partition coefficient (Wildman–Crippen LogP) is 4.33. The van der Waals surface area contributed by atoms with Crippen molar-refractivity contribution in [3.8, 4) is 0 Å². The maximum absolute atomic E-state index is 14.3. The van der Waals surface area contributed by atoms with Crippen LogP contribution in [0.5, 0.6) is 0 Å². The summed E-state index contributed by atoms with van der Waals surface area (Å²) in [6.07, 6.45) is 9.20. The van der Waals surface area contributed by atoms with Crippen molar-refractivity contribution in [1.82, 2.24) is 19.9 Å². The summed E-state index contributed by atoms with van der Waals surface area (Å²) >= 11 is 2.04. The number of carbonyl (C=O) groups is 1. The highest BCUT2D eigenvalue weighted by Gasteiger charge is 2.21. The molecule has 0 bridgehead atoms. The van der Waals surface area contributed by atoms with Gasteiger partial charge in [-0.3, -0.25) is 9.78 Å². The normalized spacial score (nSPS) is 11.0. The summed E-state index contributed by atoms with van der Waals surface area (Å²) in [6, 6.07) is 6.49. The maximum Gasteiger partial charge on any atom is 0.289 e. The Hall–Kier alpha value is -2.95. The van der Waals surface area contributed by atoms with Gasteiger partial charge in [-0.25, -0.2) is 9.37 Å². The van der Waals surface area contributed by atoms with Gasteiger partial charge in [-0.1, -0.05) is 0 Å². The Morgan fingerprint density at radius 3 is 2.93 bits per heavy atom. The number of aromatic nitrogens is 3. The first-order valence-electron chi connectivity index (χ1n) is 8.94. The average Bonchev–Trinajstić information content (AvgIpc) is 3.35. The third-order valence-corrected chi connectivity index (χ3v) is 5.00. The zero-order valence-corrected chi connectivity index (χ0v) is 17.4. The molecule has 0 radical (unpaired) electrons. The Morgan fingerprint density at radius 2 is 2.14 bits per heavy atom. The summed E-state index contributed by atoms with van der Waals surface area (Å²) < 4.78 is 22.8. The van der Waals surface area contributed by atoms with E-state index in [-0.39, 0.29) is 17.4 Å². The van der Waals surface area contributed by atoms with Crippen molar-refractivity contribution in [1.29, 1.82) is 0 Å². The Morgan fingerprint density at radius 1 is 1.24 bits per heavy atom. The van der Waals surface area contributed by atoms with E-state index < -0.39 is 5.82 Å². The van der Waals surface area contributed by atoms with E-state index in [2.05, 4.69) is 20.6 Å². The Balaban J connectivity index is 1.54. The molecule has 0 aliphatic rings. The number of nitrogens with one attached hydrogen (secondary N) is 2. The number of furan rings is 1. The van der Waals surface area contributed by atoms with E-state index in [0.717, 1.165) is 16.5 Å². The van der Waals surface area contributed by atoms with Crippen LogP contribution in [0.2, 0.25) is 0 Å². The third kappa shape index (κ3) is 4.39. The molecule has 3 heterocycles. The lowest BCUT2D eigenvalue weighted by molar-refractivity contribution is 0.0928. The van der Waals surface area contributed by atoms with Gasteiger partial charge in [0.1, 0.15) is 17.1 Å². The molecule has 0 saturated heterocycles. The predicted molar refractivity (Wildman–Crippen MR) is 116 cm³/mol. The van der Waals surface area contributed by atoms with Crippen LogP contribution >= 0.6 is 22.6 Å². The molecule has 148 valence electrons. The van der Waals surface area contributed by atoms with Gasteiger partial charge in [-0.2, -0.15) is 0 Å². The number of pyridine rings is 1. The van der Waals surface area contributed by atoms with Crippen LogP contribution in [-0.2, 0) is 6.54 Å². The minimum absolute atomic E-state index is 0.0913. The van der Waals surface area contributed by atoms with E-state index in [4.69, 9.17) is 4.42 Å². The number of imidazole rings is 1. The Bertz CT molecular complexity index is 1140. The second kappa shape index (κ2) is 8.60. The van der Waals surface area contributed by atoms with Gasteiger partial charge >= 0.3 is 0 Å². The minimum Gasteiger partial charge on any atom is -0.448 e. The highest BCUT2D eigenvalue weighted by molar-refractivity contribution is 14.1. The van der Waals surface area contributed by atoms with Crippen molar-refractivity contribution in [3.05, 3.63) is 70.5 Å². The molecule has 1 amide bonds. The van der Waals surface area contributed by atoms with Gasteiger partial charge in [0.05, 0.1) is 17.4 Å². The summed E-state index contributed by atoms with van der Waals surface area (Å²) in [5, 5.41) is 6.46. The van der Waals surface area contributed by atoms with Crippen LogP contribution in [0, 0.1) is 9.39 Å². The maximum atomic E-state index is 14.3. The van der Waals surface area contributed by atoms with E-state index >= 15 is 0 Å². The van der Waals surface area contributed by atoms with E-state index in [0.29, 0.717) is 23.2 Å². The lowest BCUT2D eigenvalue weighted by Crippen LogP contribution is -2.25. The van der Waals surface area contributed by atoms with Crippen LogP contribution in [0.3, 0.4) is 0 Å². The minimum atomic E-state index is -0.415. The Kier molecular flexibility index (Phi) is 5.74. The van der Waals surface area contributed by atoms with E-state index in [1.807, 2.05) is 33.4 Å². The van der Waals surface area contributed by atoms with Crippen molar-refractivity contribution in [2.24, 2.45) is 0 Å². The second-order valence-electron chi connectivity index (χ2n) is 6.34. The molecule has 0 saturated carbocycles. The SMILES string of the molecule is O=C(NCCCn1ccnc1)c1oc2ccncc2c1Nc1ccc(I)cc1F. The lowest BCUT2D eigenvalue weighted by Gasteiger charge is -2.09. The van der Waals surface area contributed by atoms with Crippen LogP contribution in [0.1, 0.15) is 17.0 Å². The van der Waals surface area contributed by atoms with Crippen molar-refractivity contribution in [3.63, 3.8) is 0 Å². The molecular formula is C20H17FIN5O2. The standard InChI is InChI=1S/C20H17FIN5O2/c21-15-10-13(22)2-3-16(15)26-18-14-11-23-6-4-17(14)29-19(18)20(28)25-5-1-8-27-9-7-24-12-27/h2-4,6-7,9-12,26H,1,5,8H2,(H,25,28). The molecule has 2 N–H and O–H groups in total. The molecule has 0 spiro atoms. The van der Waals surface area contributed by atoms with Crippen LogP contribution in [0.25, 0.3) is 11.0 Å². The number of hydrogen-bond donors (Lipinski definition) is 2. The first-order chi connectivity index (χ1) is 14.1. The number of amides is 1. The fraction of sp³-hybridized carbons (Fsp3) is 0.150. The largest absolute Gasteiger partial charge is 0.448 e. The highest BCUT2D eigenvalue weighted by Crippen LogP contribution is 2.33. The molecule has 0 unspecified atom stereocenters. The van der Waals surface area contributed by atoms with Gasteiger partial charge in [-0.15, -0.1) is 0 Å². The van der Waals surface area contributed by atoms with Crippen LogP contribution in [0.15, 0.2) is 59.8 Å². The van der Waals surface area contributed by atoms with E-state index in [1.54, 1.807) is 43.1 Å². The van der Waals surface area contributed by atoms with Gasteiger partial charge in [0.2, 0.25) is 5.76 Å². The van der Waals surface area contributed by atoms with Crippen molar-refractivity contribution in [2.75, 3.05) is 11.9 Å². The zero-order valence-electron chi connectivity index (χ0n) is 15.2. The fourth-order valence-electron chi connectivity index (χ4n) is 2.91. The van der Waals surface area contributed by atoms with Gasteiger partial charge < -0.3 is 19.6 Å². The van der Waals surface area contributed by atoms with Crippen molar-refractivity contribution >= 4 is 50.8 Å². The molecule has 0 aliphatic heterocycles. The fourth-order valence-corrected chi connectivity index (χ4v) is 3.37. The molecule has 0 atom stereocenters. The summed E-state index contributed by atoms with van der Waals surface area (Å²) in [7, 11) is 0. The van der Waals surface area contributed by atoms with Crippen LogP contribution in [-0.4, -0.2) is 27.0 Å². The molecule has 0 aliphatic carbocycles. The van der Waals surface area contributed by atoms with Crippen molar-refractivity contribution < 1.29 is 13.6 Å². The number of carbonyl (C=O) groups excluding carboxylic acids is 1. The molecule has 9 heteroatoms. The van der Waals surface area contributed by atoms with Crippen molar-refractivity contribution in [2.45, 2.75) is 13.0 Å². The number of benzene rings is 1. The summed E-state index contributed by atoms with van der Waals surface area (Å²) in [4.78, 5) is 20.8. The van der Waals surface area contributed by atoms with Gasteiger partial charge in [0.25, 0.3) is 5.91 Å². The molecule has 7 nitrogen and oxygen atoms in total. The zero-order chi connectivity index (χ0) is 20.2. The topological polar surface area (TPSA) is 85.0 Å². The molecule has 1 aromatic carbocycles. The number of hydrogen-bond acceptors (Lipinski definition) is 5. The van der Waals surface area contributed by atoms with E-state index in [9.17, 15) is 9.18 Å². The quantitative estimate of drug-likeness (QED) is 0.289. The number of aryl methyl sites for hydroxylation is 1.